The predicted molar refractivity (Wildman–Crippen MR) is 97.1 cm³/mol. The zero-order valence-corrected chi connectivity index (χ0v) is 14.5. The summed E-state index contributed by atoms with van der Waals surface area (Å²) < 4.78 is 3.11. The van der Waals surface area contributed by atoms with Gasteiger partial charge in [-0.05, 0) is 24.6 Å². The highest BCUT2D eigenvalue weighted by molar-refractivity contribution is 6.30. The third-order valence-corrected chi connectivity index (χ3v) is 4.29. The fraction of sp³-hybridized carbons (Fsp3) is 0.111. The van der Waals surface area contributed by atoms with E-state index in [0.717, 1.165) is 16.8 Å². The highest BCUT2D eigenvalue weighted by Crippen LogP contribution is 2.34. The van der Waals surface area contributed by atoms with Crippen molar-refractivity contribution < 1.29 is 5.11 Å². The molecule has 0 aliphatic heterocycles. The predicted octanol–water partition coefficient (Wildman–Crippen LogP) is 3.48. The summed E-state index contributed by atoms with van der Waals surface area (Å²) in [4.78, 5) is 8.74. The van der Waals surface area contributed by atoms with E-state index in [1.54, 1.807) is 41.6 Å². The summed E-state index contributed by atoms with van der Waals surface area (Å²) >= 11 is 6.02. The molecule has 0 amide bonds. The van der Waals surface area contributed by atoms with Gasteiger partial charge >= 0.3 is 0 Å². The number of fused-ring (bicyclic) bond motifs is 1. The number of nitrogens with zero attached hydrogens (tertiary/aromatic N) is 6. The first-order valence-corrected chi connectivity index (χ1v) is 8.17. The van der Waals surface area contributed by atoms with Gasteiger partial charge in [-0.25, -0.2) is 4.98 Å². The average Bonchev–Trinajstić information content (AvgIpc) is 3.20. The van der Waals surface area contributed by atoms with Crippen molar-refractivity contribution in [3.05, 3.63) is 53.7 Å². The number of hydrogen-bond acceptors (Lipinski definition) is 5. The highest BCUT2D eigenvalue weighted by atomic mass is 35.5. The number of pyridine rings is 2. The largest absolute Gasteiger partial charge is 0.494 e. The molecule has 0 aliphatic rings. The van der Waals surface area contributed by atoms with Gasteiger partial charge in [-0.15, -0.1) is 0 Å². The second-order valence-electron chi connectivity index (χ2n) is 5.85. The molecule has 4 heterocycles. The minimum absolute atomic E-state index is 0.0808. The van der Waals surface area contributed by atoms with E-state index in [-0.39, 0.29) is 12.4 Å². The number of hydrogen-bond donors (Lipinski definition) is 1. The molecule has 8 heteroatoms. The van der Waals surface area contributed by atoms with Crippen molar-refractivity contribution in [2.75, 3.05) is 0 Å². The Morgan fingerprint density at radius 1 is 1.23 bits per heavy atom. The van der Waals surface area contributed by atoms with Crippen molar-refractivity contribution in [1.82, 2.24) is 24.3 Å². The fourth-order valence-corrected chi connectivity index (χ4v) is 3.09. The van der Waals surface area contributed by atoms with E-state index in [0.29, 0.717) is 21.6 Å². The summed E-state index contributed by atoms with van der Waals surface area (Å²) in [5.74, 6) is 0.0808. The minimum Gasteiger partial charge on any atom is -0.494 e. The van der Waals surface area contributed by atoms with Gasteiger partial charge in [0.2, 0.25) is 5.88 Å². The molecule has 0 aliphatic carbocycles. The number of aromatic nitrogens is 5. The number of aromatic hydroxyl groups is 1. The lowest BCUT2D eigenvalue weighted by Crippen LogP contribution is -1.94. The molecule has 4 aromatic rings. The smallest absolute Gasteiger partial charge is 0.205 e. The minimum atomic E-state index is 0.0808. The van der Waals surface area contributed by atoms with E-state index in [9.17, 15) is 5.11 Å². The number of halogens is 1. The molecule has 0 saturated heterocycles. The van der Waals surface area contributed by atoms with Crippen LogP contribution in [-0.2, 0) is 6.54 Å². The van der Waals surface area contributed by atoms with E-state index in [1.165, 1.54) is 4.68 Å². The maximum atomic E-state index is 10.7. The summed E-state index contributed by atoms with van der Waals surface area (Å²) in [5, 5.41) is 24.7. The molecule has 0 unspecified atom stereocenters. The molecule has 0 radical (unpaired) electrons. The van der Waals surface area contributed by atoms with E-state index in [1.807, 2.05) is 19.1 Å². The Kier molecular flexibility index (Phi) is 3.82. The van der Waals surface area contributed by atoms with Crippen molar-refractivity contribution in [3.8, 4) is 28.9 Å². The number of aryl methyl sites for hydroxylation is 1. The summed E-state index contributed by atoms with van der Waals surface area (Å²) in [5.41, 5.74) is 3.70. The van der Waals surface area contributed by atoms with E-state index in [2.05, 4.69) is 15.1 Å². The molecule has 0 spiro atoms. The Hall–Kier alpha value is -3.37. The maximum Gasteiger partial charge on any atom is 0.205 e. The number of nitriles is 1. The Labute approximate surface area is 153 Å². The van der Waals surface area contributed by atoms with Gasteiger partial charge in [-0.2, -0.15) is 10.4 Å². The Balaban J connectivity index is 1.86. The van der Waals surface area contributed by atoms with Crippen molar-refractivity contribution in [1.29, 1.82) is 5.26 Å². The summed E-state index contributed by atoms with van der Waals surface area (Å²) in [6.45, 7) is 2.05. The van der Waals surface area contributed by atoms with Gasteiger partial charge in [-0.1, -0.05) is 11.6 Å². The molecule has 0 fully saturated rings. The van der Waals surface area contributed by atoms with Gasteiger partial charge in [0.15, 0.2) is 0 Å². The third-order valence-electron chi connectivity index (χ3n) is 4.08. The fourth-order valence-electron chi connectivity index (χ4n) is 2.92. The first-order valence-electron chi connectivity index (χ1n) is 7.79. The van der Waals surface area contributed by atoms with Gasteiger partial charge in [0.1, 0.15) is 6.54 Å². The number of rotatable bonds is 3. The van der Waals surface area contributed by atoms with Crippen LogP contribution in [0.2, 0.25) is 5.02 Å². The molecular weight excluding hydrogens is 352 g/mol. The van der Waals surface area contributed by atoms with Crippen LogP contribution in [0.25, 0.3) is 27.8 Å². The summed E-state index contributed by atoms with van der Waals surface area (Å²) in [6.07, 6.45) is 8.29. The molecule has 4 rings (SSSR count). The standard InChI is InChI=1S/C18H13ClN6O/c1-11-4-15(12-5-13(19)7-21-6-12)23-16-10-25(18(26)17(11)16)14-8-22-24(9-14)3-2-20/h4-10,26H,3H2,1H3. The molecule has 0 saturated carbocycles. The quantitative estimate of drug-likeness (QED) is 0.600. The molecule has 128 valence electrons. The summed E-state index contributed by atoms with van der Waals surface area (Å²) in [7, 11) is 0. The van der Waals surface area contributed by atoms with Gasteiger partial charge in [0.05, 0.1) is 45.8 Å². The maximum absolute atomic E-state index is 10.7. The van der Waals surface area contributed by atoms with Crippen molar-refractivity contribution in [2.24, 2.45) is 0 Å². The summed E-state index contributed by atoms with van der Waals surface area (Å²) in [6, 6.07) is 5.71. The van der Waals surface area contributed by atoms with E-state index >= 15 is 0 Å². The van der Waals surface area contributed by atoms with E-state index in [4.69, 9.17) is 16.9 Å². The average molecular weight is 365 g/mol. The normalized spacial score (nSPS) is 11.0. The lowest BCUT2D eigenvalue weighted by molar-refractivity contribution is 0.448. The third kappa shape index (κ3) is 2.66. The van der Waals surface area contributed by atoms with E-state index < -0.39 is 0 Å². The topological polar surface area (TPSA) is 92.5 Å². The molecule has 7 nitrogen and oxygen atoms in total. The zero-order valence-electron chi connectivity index (χ0n) is 13.8. The first kappa shape index (κ1) is 16.1. The molecule has 26 heavy (non-hydrogen) atoms. The first-order chi connectivity index (χ1) is 12.6. The van der Waals surface area contributed by atoms with Gasteiger partial charge in [-0.3, -0.25) is 14.2 Å². The second kappa shape index (κ2) is 6.17. The van der Waals surface area contributed by atoms with Crippen LogP contribution in [0.5, 0.6) is 5.88 Å². The second-order valence-corrected chi connectivity index (χ2v) is 6.29. The molecule has 4 aromatic heterocycles. The molecule has 0 bridgehead atoms. The SMILES string of the molecule is Cc1cc(-c2cncc(Cl)c2)nc2cn(-c3cnn(CC#N)c3)c(O)c12. The zero-order chi connectivity index (χ0) is 18.3. The highest BCUT2D eigenvalue weighted by Gasteiger charge is 2.16. The van der Waals surface area contributed by atoms with Crippen molar-refractivity contribution in [3.63, 3.8) is 0 Å². The van der Waals surface area contributed by atoms with Gasteiger partial charge in [0.25, 0.3) is 0 Å². The molecule has 0 atom stereocenters. The van der Waals surface area contributed by atoms with Crippen LogP contribution in [0, 0.1) is 18.3 Å². The lowest BCUT2D eigenvalue weighted by atomic mass is 10.1. The van der Waals surface area contributed by atoms with Crippen LogP contribution in [0.1, 0.15) is 5.56 Å². The van der Waals surface area contributed by atoms with Gasteiger partial charge in [0, 0.05) is 24.2 Å². The Bertz CT molecular complexity index is 1170. The van der Waals surface area contributed by atoms with Gasteiger partial charge < -0.3 is 5.11 Å². The molecular formula is C18H13ClN6O. The Morgan fingerprint density at radius 2 is 2.08 bits per heavy atom. The van der Waals surface area contributed by atoms with Crippen LogP contribution in [0.3, 0.4) is 0 Å². The molecule has 0 aromatic carbocycles. The van der Waals surface area contributed by atoms with Crippen LogP contribution in [-0.4, -0.2) is 29.4 Å². The van der Waals surface area contributed by atoms with Crippen LogP contribution in [0.4, 0.5) is 0 Å². The lowest BCUT2D eigenvalue weighted by Gasteiger charge is -2.04. The van der Waals surface area contributed by atoms with Crippen LogP contribution >= 0.6 is 11.6 Å². The van der Waals surface area contributed by atoms with Crippen molar-refractivity contribution >= 4 is 22.5 Å². The Morgan fingerprint density at radius 3 is 2.85 bits per heavy atom. The van der Waals surface area contributed by atoms with Crippen LogP contribution in [0.15, 0.2) is 43.1 Å². The molecule has 1 N–H and O–H groups in total. The van der Waals surface area contributed by atoms with Crippen LogP contribution < -0.4 is 0 Å². The monoisotopic (exact) mass is 364 g/mol. The van der Waals surface area contributed by atoms with Crippen molar-refractivity contribution in [2.45, 2.75) is 13.5 Å².